The smallest absolute Gasteiger partial charge is 0.120 e. The molecule has 41 heavy (non-hydrogen) atoms. The Morgan fingerprint density at radius 3 is 2.10 bits per heavy atom. The number of hydrogen-bond donors (Lipinski definition) is 1. The van der Waals surface area contributed by atoms with Crippen molar-refractivity contribution in [1.29, 1.82) is 0 Å². The second kappa shape index (κ2) is 12.2. The Labute approximate surface area is 249 Å². The number of benzene rings is 4. The van der Waals surface area contributed by atoms with Crippen LogP contribution in [0.15, 0.2) is 90.3 Å². The van der Waals surface area contributed by atoms with Crippen molar-refractivity contribution in [2.45, 2.75) is 83.6 Å². The van der Waals surface area contributed by atoms with Crippen LogP contribution in [0, 0.1) is 0 Å². The molecular weight excluding hydrogens is 516 g/mol. The van der Waals surface area contributed by atoms with Gasteiger partial charge in [0.1, 0.15) is 11.0 Å². The Balaban J connectivity index is 1.50. The van der Waals surface area contributed by atoms with Gasteiger partial charge in [0, 0.05) is 16.6 Å². The first-order valence-electron chi connectivity index (χ1n) is 15.4. The number of thiazole rings is 1. The van der Waals surface area contributed by atoms with Crippen molar-refractivity contribution in [2.24, 2.45) is 0 Å². The predicted molar refractivity (Wildman–Crippen MR) is 177 cm³/mol. The molecule has 1 aliphatic rings. The van der Waals surface area contributed by atoms with Gasteiger partial charge in [0.05, 0.1) is 5.69 Å². The van der Waals surface area contributed by atoms with Crippen molar-refractivity contribution in [2.75, 3.05) is 5.32 Å². The zero-order valence-corrected chi connectivity index (χ0v) is 25.7. The van der Waals surface area contributed by atoms with Crippen molar-refractivity contribution in [3.63, 3.8) is 0 Å². The molecule has 1 aromatic heterocycles. The van der Waals surface area contributed by atoms with Crippen LogP contribution in [-0.2, 0) is 0 Å². The number of aromatic nitrogens is 1. The van der Waals surface area contributed by atoms with E-state index in [1.807, 2.05) is 0 Å². The Kier molecular flexibility index (Phi) is 8.25. The van der Waals surface area contributed by atoms with Gasteiger partial charge in [-0.3, -0.25) is 0 Å². The largest absolute Gasteiger partial charge is 0.372 e. The highest BCUT2D eigenvalue weighted by Crippen LogP contribution is 2.43. The lowest BCUT2D eigenvalue weighted by molar-refractivity contribution is 0.441. The van der Waals surface area contributed by atoms with E-state index in [2.05, 4.69) is 123 Å². The average Bonchev–Trinajstić information content (AvgIpc) is 3.49. The third kappa shape index (κ3) is 5.70. The van der Waals surface area contributed by atoms with Crippen LogP contribution < -0.4 is 5.32 Å². The van der Waals surface area contributed by atoms with Gasteiger partial charge in [-0.1, -0.05) is 132 Å². The van der Waals surface area contributed by atoms with Gasteiger partial charge in [0.25, 0.3) is 0 Å². The fourth-order valence-electron chi connectivity index (χ4n) is 6.69. The summed E-state index contributed by atoms with van der Waals surface area (Å²) in [4.78, 5) is 5.39. The average molecular weight is 559 g/mol. The predicted octanol–water partition coefficient (Wildman–Crippen LogP) is 11.5. The van der Waals surface area contributed by atoms with Crippen LogP contribution in [0.25, 0.3) is 22.0 Å². The maximum absolute atomic E-state index is 5.39. The first kappa shape index (κ1) is 27.7. The van der Waals surface area contributed by atoms with E-state index in [-0.39, 0.29) is 6.04 Å². The van der Waals surface area contributed by atoms with E-state index < -0.39 is 0 Å². The van der Waals surface area contributed by atoms with Crippen molar-refractivity contribution >= 4 is 27.8 Å². The van der Waals surface area contributed by atoms with E-state index in [1.54, 1.807) is 11.3 Å². The van der Waals surface area contributed by atoms with E-state index in [0.29, 0.717) is 17.8 Å². The van der Waals surface area contributed by atoms with Crippen molar-refractivity contribution in [3.8, 4) is 11.3 Å². The molecule has 1 N–H and O–H groups in total. The van der Waals surface area contributed by atoms with Crippen molar-refractivity contribution in [3.05, 3.63) is 118 Å². The summed E-state index contributed by atoms with van der Waals surface area (Å²) in [6, 6.07) is 31.2. The van der Waals surface area contributed by atoms with E-state index >= 15 is 0 Å². The van der Waals surface area contributed by atoms with Crippen LogP contribution in [0.2, 0.25) is 0 Å². The zero-order valence-electron chi connectivity index (χ0n) is 24.9. The van der Waals surface area contributed by atoms with E-state index in [4.69, 9.17) is 4.98 Å². The van der Waals surface area contributed by atoms with Gasteiger partial charge in [-0.2, -0.15) is 0 Å². The highest BCUT2D eigenvalue weighted by Gasteiger charge is 2.27. The molecule has 3 heteroatoms. The van der Waals surface area contributed by atoms with Gasteiger partial charge in [0.15, 0.2) is 0 Å². The minimum atomic E-state index is -0.0146. The fraction of sp³-hybridized carbons (Fsp3) is 0.342. The molecule has 0 amide bonds. The summed E-state index contributed by atoms with van der Waals surface area (Å²) in [6.07, 6.45) is 6.58. The number of anilines is 1. The monoisotopic (exact) mass is 558 g/mol. The van der Waals surface area contributed by atoms with Crippen LogP contribution in [0.1, 0.15) is 111 Å². The first-order valence-corrected chi connectivity index (χ1v) is 16.3. The Hall–Kier alpha value is -3.43. The molecule has 6 rings (SSSR count). The molecule has 0 bridgehead atoms. The van der Waals surface area contributed by atoms with Crippen LogP contribution in [0.4, 0.5) is 5.69 Å². The maximum Gasteiger partial charge on any atom is 0.120 e. The Bertz CT molecular complexity index is 1590. The topological polar surface area (TPSA) is 24.9 Å². The number of para-hydroxylation sites is 1. The molecule has 1 saturated carbocycles. The summed E-state index contributed by atoms with van der Waals surface area (Å²) in [6.45, 7) is 9.21. The minimum Gasteiger partial charge on any atom is -0.372 e. The molecule has 1 unspecified atom stereocenters. The molecular formula is C38H42N2S. The molecule has 2 nitrogen and oxygen atoms in total. The molecule has 1 atom stereocenters. The van der Waals surface area contributed by atoms with Gasteiger partial charge in [-0.25, -0.2) is 4.98 Å². The number of nitrogens with one attached hydrogen (secondary N) is 1. The molecule has 1 aliphatic carbocycles. The van der Waals surface area contributed by atoms with Gasteiger partial charge >= 0.3 is 0 Å². The summed E-state index contributed by atoms with van der Waals surface area (Å²) in [5, 5.41) is 10.0. The Morgan fingerprint density at radius 2 is 1.34 bits per heavy atom. The maximum atomic E-state index is 5.39. The standard InChI is InChI=1S/C38H42N2S/c1-25(2)29-21-13-22-30(26(3)4)36(29)40-37(34-20-11-10-19-32(34)27-14-6-5-7-15-27)38-39-35(24-41-38)33-23-12-17-28-16-8-9-18-31(28)33/h8-13,16-27,37,40H,5-7,14-15H2,1-4H3. The lowest BCUT2D eigenvalue weighted by atomic mass is 9.80. The van der Waals surface area contributed by atoms with Gasteiger partial charge < -0.3 is 5.32 Å². The van der Waals surface area contributed by atoms with Crippen LogP contribution in [-0.4, -0.2) is 4.98 Å². The number of rotatable bonds is 8. The van der Waals surface area contributed by atoms with Crippen molar-refractivity contribution in [1.82, 2.24) is 4.98 Å². The van der Waals surface area contributed by atoms with Crippen molar-refractivity contribution < 1.29 is 0 Å². The second-order valence-corrected chi connectivity index (χ2v) is 13.1. The lowest BCUT2D eigenvalue weighted by Crippen LogP contribution is -2.19. The first-order chi connectivity index (χ1) is 20.0. The van der Waals surface area contributed by atoms with Gasteiger partial charge in [-0.05, 0) is 63.6 Å². The number of nitrogens with zero attached hydrogens (tertiary/aromatic N) is 1. The molecule has 210 valence electrons. The molecule has 0 spiro atoms. The van der Waals surface area contributed by atoms with E-state index in [9.17, 15) is 0 Å². The molecule has 0 saturated heterocycles. The fourth-order valence-corrected chi connectivity index (χ4v) is 7.57. The highest BCUT2D eigenvalue weighted by atomic mass is 32.1. The summed E-state index contributed by atoms with van der Waals surface area (Å²) >= 11 is 1.79. The third-order valence-corrected chi connectivity index (χ3v) is 9.76. The molecule has 1 heterocycles. The summed E-state index contributed by atoms with van der Waals surface area (Å²) < 4.78 is 0. The molecule has 5 aromatic rings. The summed E-state index contributed by atoms with van der Waals surface area (Å²) in [7, 11) is 0. The van der Waals surface area contributed by atoms with E-state index in [0.717, 1.165) is 10.7 Å². The third-order valence-electron chi connectivity index (χ3n) is 8.85. The summed E-state index contributed by atoms with van der Waals surface area (Å²) in [5.41, 5.74) is 9.18. The molecule has 0 aliphatic heterocycles. The molecule has 4 aromatic carbocycles. The quantitative estimate of drug-likeness (QED) is 0.205. The summed E-state index contributed by atoms with van der Waals surface area (Å²) in [5.74, 6) is 1.47. The van der Waals surface area contributed by atoms with Gasteiger partial charge in [0.2, 0.25) is 0 Å². The second-order valence-electron chi connectivity index (χ2n) is 12.3. The van der Waals surface area contributed by atoms with E-state index in [1.165, 1.54) is 76.4 Å². The minimum absolute atomic E-state index is 0.0146. The molecule has 1 fully saturated rings. The SMILES string of the molecule is CC(C)c1cccc(C(C)C)c1NC(c1nc(-c2cccc3ccccc23)cs1)c1ccccc1C1CCCCC1. The van der Waals surface area contributed by atoms with Crippen LogP contribution >= 0.6 is 11.3 Å². The number of hydrogen-bond acceptors (Lipinski definition) is 3. The lowest BCUT2D eigenvalue weighted by Gasteiger charge is -2.30. The Morgan fingerprint density at radius 1 is 0.707 bits per heavy atom. The zero-order chi connectivity index (χ0) is 28.3. The molecule has 0 radical (unpaired) electrons. The van der Waals surface area contributed by atoms with Crippen LogP contribution in [0.3, 0.4) is 0 Å². The van der Waals surface area contributed by atoms with Crippen LogP contribution in [0.5, 0.6) is 0 Å². The normalized spacial score (nSPS) is 15.1. The van der Waals surface area contributed by atoms with Gasteiger partial charge in [-0.15, -0.1) is 11.3 Å². The highest BCUT2D eigenvalue weighted by molar-refractivity contribution is 7.10. The number of fused-ring (bicyclic) bond motifs is 1.